The maximum atomic E-state index is 6.08. The summed E-state index contributed by atoms with van der Waals surface area (Å²) in [5.74, 6) is 1.47. The minimum Gasteiger partial charge on any atom is -0.497 e. The highest BCUT2D eigenvalue weighted by Gasteiger charge is 2.03. The van der Waals surface area contributed by atoms with Crippen molar-refractivity contribution in [3.8, 4) is 5.75 Å². The Morgan fingerprint density at radius 2 is 2.12 bits per heavy atom. The topological polar surface area (TPSA) is 34.1 Å². The van der Waals surface area contributed by atoms with Crippen LogP contribution in [0.3, 0.4) is 0 Å². The minimum absolute atomic E-state index is 0.621. The van der Waals surface area contributed by atoms with E-state index in [1.54, 1.807) is 19.4 Å². The zero-order valence-electron chi connectivity index (χ0n) is 9.08. The normalized spacial score (nSPS) is 10.1. The Labute approximate surface area is 113 Å². The van der Waals surface area contributed by atoms with Crippen LogP contribution in [0.4, 0.5) is 11.5 Å². The van der Waals surface area contributed by atoms with Crippen LogP contribution >= 0.6 is 27.5 Å². The van der Waals surface area contributed by atoms with Crippen molar-refractivity contribution in [1.29, 1.82) is 0 Å². The molecule has 1 aromatic heterocycles. The summed E-state index contributed by atoms with van der Waals surface area (Å²) in [5.41, 5.74) is 0.765. The summed E-state index contributed by atoms with van der Waals surface area (Å²) in [6.07, 6.45) is 1.72. The van der Waals surface area contributed by atoms with E-state index in [2.05, 4.69) is 26.2 Å². The summed E-state index contributed by atoms with van der Waals surface area (Å²) in [4.78, 5) is 4.21. The highest BCUT2D eigenvalue weighted by molar-refractivity contribution is 9.10. The molecule has 1 N–H and O–H groups in total. The molecule has 0 atom stereocenters. The maximum Gasteiger partial charge on any atom is 0.130 e. The lowest BCUT2D eigenvalue weighted by molar-refractivity contribution is 0.415. The first kappa shape index (κ1) is 12.2. The molecule has 2 rings (SSSR count). The Morgan fingerprint density at radius 1 is 1.29 bits per heavy atom. The van der Waals surface area contributed by atoms with Gasteiger partial charge in [-0.05, 0) is 40.2 Å². The number of anilines is 2. The van der Waals surface area contributed by atoms with Crippen LogP contribution in [0.15, 0.2) is 41.0 Å². The lowest BCUT2D eigenvalue weighted by Gasteiger charge is -2.09. The van der Waals surface area contributed by atoms with Crippen molar-refractivity contribution in [3.63, 3.8) is 0 Å². The van der Waals surface area contributed by atoms with Crippen molar-refractivity contribution in [1.82, 2.24) is 4.98 Å². The summed E-state index contributed by atoms with van der Waals surface area (Å²) in [6.45, 7) is 0. The molecule has 17 heavy (non-hydrogen) atoms. The molecule has 0 bridgehead atoms. The van der Waals surface area contributed by atoms with Gasteiger partial charge in [0.1, 0.15) is 11.6 Å². The van der Waals surface area contributed by atoms with Gasteiger partial charge in [0.25, 0.3) is 0 Å². The van der Waals surface area contributed by atoms with Crippen molar-refractivity contribution in [2.45, 2.75) is 0 Å². The van der Waals surface area contributed by atoms with Crippen LogP contribution in [0.25, 0.3) is 0 Å². The van der Waals surface area contributed by atoms with Gasteiger partial charge in [0, 0.05) is 16.7 Å². The minimum atomic E-state index is 0.621. The van der Waals surface area contributed by atoms with Gasteiger partial charge in [-0.2, -0.15) is 0 Å². The molecular formula is C12H10BrClN2O. The smallest absolute Gasteiger partial charge is 0.130 e. The van der Waals surface area contributed by atoms with Crippen LogP contribution < -0.4 is 10.1 Å². The molecule has 0 saturated carbocycles. The van der Waals surface area contributed by atoms with Crippen LogP contribution in [-0.2, 0) is 0 Å². The second kappa shape index (κ2) is 5.38. The molecule has 0 amide bonds. The first-order valence-corrected chi connectivity index (χ1v) is 6.08. The number of halogens is 2. The molecule has 1 heterocycles. The monoisotopic (exact) mass is 312 g/mol. The van der Waals surface area contributed by atoms with E-state index < -0.39 is 0 Å². The lowest BCUT2D eigenvalue weighted by atomic mass is 10.3. The zero-order chi connectivity index (χ0) is 12.3. The van der Waals surface area contributed by atoms with E-state index in [0.717, 1.165) is 21.7 Å². The molecule has 0 radical (unpaired) electrons. The molecule has 5 heteroatoms. The summed E-state index contributed by atoms with van der Waals surface area (Å²) < 4.78 is 6.07. The summed E-state index contributed by atoms with van der Waals surface area (Å²) in [5, 5.41) is 3.75. The predicted octanol–water partition coefficient (Wildman–Crippen LogP) is 4.25. The van der Waals surface area contributed by atoms with Crippen molar-refractivity contribution >= 4 is 39.0 Å². The second-order valence-electron chi connectivity index (χ2n) is 3.33. The quantitative estimate of drug-likeness (QED) is 0.920. The third-order valence-electron chi connectivity index (χ3n) is 2.16. The van der Waals surface area contributed by atoms with E-state index in [4.69, 9.17) is 16.3 Å². The third kappa shape index (κ3) is 3.11. The Kier molecular flexibility index (Phi) is 3.86. The number of rotatable bonds is 3. The molecule has 3 nitrogen and oxygen atoms in total. The van der Waals surface area contributed by atoms with E-state index >= 15 is 0 Å². The highest BCUT2D eigenvalue weighted by Crippen LogP contribution is 2.29. The maximum absolute atomic E-state index is 6.08. The van der Waals surface area contributed by atoms with Crippen molar-refractivity contribution in [3.05, 3.63) is 46.0 Å². The Hall–Kier alpha value is -1.26. The number of benzene rings is 1. The number of nitrogens with zero attached hydrogens (tertiary/aromatic N) is 1. The average Bonchev–Trinajstić information content (AvgIpc) is 2.35. The van der Waals surface area contributed by atoms with E-state index in [9.17, 15) is 0 Å². The Bertz CT molecular complexity index is 516. The van der Waals surface area contributed by atoms with E-state index in [1.165, 1.54) is 0 Å². The van der Waals surface area contributed by atoms with Crippen LogP contribution in [0.1, 0.15) is 0 Å². The molecule has 88 valence electrons. The number of hydrogen-bond donors (Lipinski definition) is 1. The standard InChI is InChI=1S/C12H10BrClN2O/c1-17-9-3-4-10(14)11(6-9)16-12-5-2-8(13)7-15-12/h2-7H,1H3,(H,15,16). The number of pyridine rings is 1. The van der Waals surface area contributed by atoms with Gasteiger partial charge in [-0.15, -0.1) is 0 Å². The van der Waals surface area contributed by atoms with E-state index in [0.29, 0.717) is 5.02 Å². The highest BCUT2D eigenvalue weighted by atomic mass is 79.9. The molecule has 2 aromatic rings. The van der Waals surface area contributed by atoms with Crippen LogP contribution in [0, 0.1) is 0 Å². The Balaban J connectivity index is 2.25. The predicted molar refractivity (Wildman–Crippen MR) is 73.2 cm³/mol. The average molecular weight is 314 g/mol. The van der Waals surface area contributed by atoms with Gasteiger partial charge >= 0.3 is 0 Å². The van der Waals surface area contributed by atoms with Gasteiger partial charge in [-0.3, -0.25) is 0 Å². The molecular weight excluding hydrogens is 304 g/mol. The molecule has 0 unspecified atom stereocenters. The molecule has 1 aromatic carbocycles. The number of nitrogens with one attached hydrogen (secondary N) is 1. The second-order valence-corrected chi connectivity index (χ2v) is 4.66. The van der Waals surface area contributed by atoms with Gasteiger partial charge in [-0.1, -0.05) is 11.6 Å². The lowest BCUT2D eigenvalue weighted by Crippen LogP contribution is -1.94. The summed E-state index contributed by atoms with van der Waals surface area (Å²) >= 11 is 9.41. The van der Waals surface area contributed by atoms with Gasteiger partial charge < -0.3 is 10.1 Å². The summed E-state index contributed by atoms with van der Waals surface area (Å²) in [6, 6.07) is 9.18. The summed E-state index contributed by atoms with van der Waals surface area (Å²) in [7, 11) is 1.62. The number of hydrogen-bond acceptors (Lipinski definition) is 3. The fourth-order valence-corrected chi connectivity index (χ4v) is 1.71. The molecule has 0 aliphatic heterocycles. The van der Waals surface area contributed by atoms with Gasteiger partial charge in [0.05, 0.1) is 17.8 Å². The molecule has 0 aliphatic carbocycles. The van der Waals surface area contributed by atoms with Crippen molar-refractivity contribution in [2.75, 3.05) is 12.4 Å². The number of methoxy groups -OCH3 is 1. The van der Waals surface area contributed by atoms with Crippen LogP contribution in [-0.4, -0.2) is 12.1 Å². The zero-order valence-corrected chi connectivity index (χ0v) is 11.4. The van der Waals surface area contributed by atoms with Gasteiger partial charge in [0.2, 0.25) is 0 Å². The number of ether oxygens (including phenoxy) is 1. The SMILES string of the molecule is COc1ccc(Cl)c(Nc2ccc(Br)cn2)c1. The molecule has 0 fully saturated rings. The van der Waals surface area contributed by atoms with Crippen molar-refractivity contribution in [2.24, 2.45) is 0 Å². The molecule has 0 saturated heterocycles. The largest absolute Gasteiger partial charge is 0.497 e. The van der Waals surface area contributed by atoms with E-state index in [1.807, 2.05) is 24.3 Å². The van der Waals surface area contributed by atoms with Gasteiger partial charge in [0.15, 0.2) is 0 Å². The fraction of sp³-hybridized carbons (Fsp3) is 0.0833. The first-order valence-electron chi connectivity index (χ1n) is 4.91. The fourth-order valence-electron chi connectivity index (χ4n) is 1.31. The van der Waals surface area contributed by atoms with Crippen LogP contribution in [0.2, 0.25) is 5.02 Å². The Morgan fingerprint density at radius 3 is 2.76 bits per heavy atom. The van der Waals surface area contributed by atoms with Crippen LogP contribution in [0.5, 0.6) is 5.75 Å². The third-order valence-corrected chi connectivity index (χ3v) is 2.96. The molecule has 0 aliphatic rings. The van der Waals surface area contributed by atoms with Gasteiger partial charge in [-0.25, -0.2) is 4.98 Å². The number of aromatic nitrogens is 1. The van der Waals surface area contributed by atoms with E-state index in [-0.39, 0.29) is 0 Å². The van der Waals surface area contributed by atoms with Crippen molar-refractivity contribution < 1.29 is 4.74 Å². The first-order chi connectivity index (χ1) is 8.19. The molecule has 0 spiro atoms.